The summed E-state index contributed by atoms with van der Waals surface area (Å²) in [7, 11) is 0. The van der Waals surface area contributed by atoms with Gasteiger partial charge in [0.2, 0.25) is 0 Å². The molecule has 0 saturated carbocycles. The second-order valence-electron chi connectivity index (χ2n) is 4.67. The number of carbonyl (C=O) groups excluding carboxylic acids is 2. The third-order valence-electron chi connectivity index (χ3n) is 2.34. The number of urea groups is 1. The summed E-state index contributed by atoms with van der Waals surface area (Å²) in [5, 5.41) is 15.3. The first-order valence-electron chi connectivity index (χ1n) is 6.34. The summed E-state index contributed by atoms with van der Waals surface area (Å²) in [4.78, 5) is 33.0. The van der Waals surface area contributed by atoms with E-state index in [0.717, 1.165) is 0 Å². The van der Waals surface area contributed by atoms with Gasteiger partial charge in [0.1, 0.15) is 0 Å². The number of para-hydroxylation sites is 2. The lowest BCUT2D eigenvalue weighted by atomic mass is 10.2. The Morgan fingerprint density at radius 1 is 1.33 bits per heavy atom. The molecule has 0 bridgehead atoms. The number of carbonyl (C=O) groups is 2. The van der Waals surface area contributed by atoms with E-state index in [0.29, 0.717) is 6.54 Å². The Kier molecular flexibility index (Phi) is 6.12. The molecule has 21 heavy (non-hydrogen) atoms. The lowest BCUT2D eigenvalue weighted by Gasteiger charge is -2.09. The third kappa shape index (κ3) is 5.89. The summed E-state index contributed by atoms with van der Waals surface area (Å²) < 4.78 is 5.05. The molecule has 1 aromatic carbocycles. The first-order valence-corrected chi connectivity index (χ1v) is 6.34. The van der Waals surface area contributed by atoms with Crippen molar-refractivity contribution in [2.75, 3.05) is 13.2 Å². The smallest absolute Gasteiger partial charge is 0.321 e. The molecule has 0 radical (unpaired) electrons. The largest absolute Gasteiger partial charge is 0.477 e. The summed E-state index contributed by atoms with van der Waals surface area (Å²) in [6.45, 7) is 3.78. The number of nitro groups is 1. The van der Waals surface area contributed by atoms with E-state index in [1.54, 1.807) is 6.07 Å². The molecule has 8 heteroatoms. The number of benzene rings is 1. The van der Waals surface area contributed by atoms with Gasteiger partial charge < -0.3 is 10.1 Å². The van der Waals surface area contributed by atoms with E-state index in [1.165, 1.54) is 18.2 Å². The molecule has 114 valence electrons. The van der Waals surface area contributed by atoms with E-state index in [2.05, 4.69) is 10.6 Å². The molecule has 0 heterocycles. The molecule has 0 aliphatic heterocycles. The van der Waals surface area contributed by atoms with Gasteiger partial charge in [-0.3, -0.25) is 20.2 Å². The van der Waals surface area contributed by atoms with Crippen LogP contribution in [-0.2, 0) is 4.79 Å². The van der Waals surface area contributed by atoms with Crippen molar-refractivity contribution in [1.82, 2.24) is 10.6 Å². The molecule has 3 amide bonds. The van der Waals surface area contributed by atoms with Crippen molar-refractivity contribution in [1.29, 1.82) is 0 Å². The Balaban J connectivity index is 2.47. The Hall–Kier alpha value is -2.64. The minimum absolute atomic E-state index is 0.0276. The summed E-state index contributed by atoms with van der Waals surface area (Å²) in [6, 6.07) is 5.06. The van der Waals surface area contributed by atoms with Gasteiger partial charge in [0.25, 0.3) is 5.91 Å². The zero-order valence-corrected chi connectivity index (χ0v) is 11.8. The molecule has 0 aromatic heterocycles. The van der Waals surface area contributed by atoms with Crippen molar-refractivity contribution in [3.05, 3.63) is 34.4 Å². The molecule has 2 N–H and O–H groups in total. The average Bonchev–Trinajstić information content (AvgIpc) is 2.43. The number of hydrogen-bond acceptors (Lipinski definition) is 5. The number of nitro benzene ring substituents is 1. The first-order chi connectivity index (χ1) is 9.90. The number of ether oxygens (including phenoxy) is 1. The number of amides is 3. The fourth-order valence-corrected chi connectivity index (χ4v) is 1.38. The van der Waals surface area contributed by atoms with Crippen LogP contribution in [-0.4, -0.2) is 30.0 Å². The molecule has 0 fully saturated rings. The fraction of sp³-hybridized carbons (Fsp3) is 0.385. The maximum absolute atomic E-state index is 11.5. The van der Waals surface area contributed by atoms with Crippen molar-refractivity contribution < 1.29 is 19.2 Å². The Bertz CT molecular complexity index is 530. The summed E-state index contributed by atoms with van der Waals surface area (Å²) in [5.41, 5.74) is -0.241. The molecule has 1 aromatic rings. The third-order valence-corrected chi connectivity index (χ3v) is 2.34. The van der Waals surface area contributed by atoms with Crippen molar-refractivity contribution in [3.8, 4) is 5.75 Å². The number of imide groups is 1. The van der Waals surface area contributed by atoms with Crippen molar-refractivity contribution in [3.63, 3.8) is 0 Å². The van der Waals surface area contributed by atoms with E-state index < -0.39 is 23.5 Å². The fourth-order valence-electron chi connectivity index (χ4n) is 1.38. The number of nitrogens with zero attached hydrogens (tertiary/aromatic N) is 1. The standard InChI is InChI=1S/C13H17N3O5/c1-9(2)7-14-13(18)15-12(17)8-21-11-6-4-3-5-10(11)16(19)20/h3-6,9H,7-8H2,1-2H3,(H2,14,15,17,18). The molecule has 1 rings (SSSR count). The van der Waals surface area contributed by atoms with Crippen molar-refractivity contribution in [2.24, 2.45) is 5.92 Å². The SMILES string of the molecule is CC(C)CNC(=O)NC(=O)COc1ccccc1[N+](=O)[O-]. The van der Waals surface area contributed by atoms with Crippen LogP contribution in [0.15, 0.2) is 24.3 Å². The van der Waals surface area contributed by atoms with Crippen LogP contribution in [0.1, 0.15) is 13.8 Å². The highest BCUT2D eigenvalue weighted by molar-refractivity contribution is 5.95. The zero-order chi connectivity index (χ0) is 15.8. The van der Waals surface area contributed by atoms with E-state index >= 15 is 0 Å². The van der Waals surface area contributed by atoms with Gasteiger partial charge in [0, 0.05) is 12.6 Å². The van der Waals surface area contributed by atoms with E-state index in [9.17, 15) is 19.7 Å². The number of hydrogen-bond donors (Lipinski definition) is 2. The summed E-state index contributed by atoms with van der Waals surface area (Å²) in [6.07, 6.45) is 0. The van der Waals surface area contributed by atoms with Crippen LogP contribution >= 0.6 is 0 Å². The predicted octanol–water partition coefficient (Wildman–Crippen LogP) is 1.46. The highest BCUT2D eigenvalue weighted by atomic mass is 16.6. The Morgan fingerprint density at radius 3 is 2.62 bits per heavy atom. The molecule has 0 atom stereocenters. The van der Waals surface area contributed by atoms with Gasteiger partial charge in [-0.1, -0.05) is 26.0 Å². The molecular formula is C13H17N3O5. The average molecular weight is 295 g/mol. The minimum Gasteiger partial charge on any atom is -0.477 e. The number of rotatable bonds is 6. The van der Waals surface area contributed by atoms with Crippen LogP contribution in [0.4, 0.5) is 10.5 Å². The van der Waals surface area contributed by atoms with Gasteiger partial charge in [0.15, 0.2) is 12.4 Å². The maximum atomic E-state index is 11.5. The monoisotopic (exact) mass is 295 g/mol. The molecule has 8 nitrogen and oxygen atoms in total. The molecule has 0 aliphatic carbocycles. The van der Waals surface area contributed by atoms with Crippen LogP contribution in [0.3, 0.4) is 0 Å². The zero-order valence-electron chi connectivity index (χ0n) is 11.8. The molecule has 0 spiro atoms. The van der Waals surface area contributed by atoms with Crippen LogP contribution in [0.25, 0.3) is 0 Å². The molecular weight excluding hydrogens is 278 g/mol. The lowest BCUT2D eigenvalue weighted by Crippen LogP contribution is -2.42. The van der Waals surface area contributed by atoms with Crippen molar-refractivity contribution >= 4 is 17.6 Å². The molecule has 0 aliphatic rings. The minimum atomic E-state index is -0.686. The Morgan fingerprint density at radius 2 is 2.00 bits per heavy atom. The van der Waals surface area contributed by atoms with Crippen LogP contribution in [0, 0.1) is 16.0 Å². The van der Waals surface area contributed by atoms with E-state index in [1.807, 2.05) is 13.8 Å². The highest BCUT2D eigenvalue weighted by Gasteiger charge is 2.15. The van der Waals surface area contributed by atoms with Gasteiger partial charge in [-0.2, -0.15) is 0 Å². The Labute approximate surface area is 121 Å². The molecule has 0 saturated heterocycles. The van der Waals surface area contributed by atoms with Gasteiger partial charge in [-0.15, -0.1) is 0 Å². The first kappa shape index (κ1) is 16.4. The maximum Gasteiger partial charge on any atom is 0.321 e. The van der Waals surface area contributed by atoms with Gasteiger partial charge in [0.05, 0.1) is 4.92 Å². The second-order valence-corrected chi connectivity index (χ2v) is 4.67. The van der Waals surface area contributed by atoms with Gasteiger partial charge in [-0.05, 0) is 12.0 Å². The van der Waals surface area contributed by atoms with Gasteiger partial charge in [-0.25, -0.2) is 4.79 Å². The summed E-state index contributed by atoms with van der Waals surface area (Å²) >= 11 is 0. The quantitative estimate of drug-likeness (QED) is 0.609. The normalized spacial score (nSPS) is 10.0. The van der Waals surface area contributed by atoms with Crippen LogP contribution in [0.2, 0.25) is 0 Å². The second kappa shape index (κ2) is 7.83. The summed E-state index contributed by atoms with van der Waals surface area (Å²) in [5.74, 6) is -0.455. The van der Waals surface area contributed by atoms with Gasteiger partial charge >= 0.3 is 11.7 Å². The van der Waals surface area contributed by atoms with E-state index in [4.69, 9.17) is 4.74 Å². The van der Waals surface area contributed by atoms with Crippen LogP contribution in [0.5, 0.6) is 5.75 Å². The van der Waals surface area contributed by atoms with Crippen molar-refractivity contribution in [2.45, 2.75) is 13.8 Å². The highest BCUT2D eigenvalue weighted by Crippen LogP contribution is 2.25. The predicted molar refractivity (Wildman–Crippen MR) is 75.0 cm³/mol. The molecule has 0 unspecified atom stereocenters. The lowest BCUT2D eigenvalue weighted by molar-refractivity contribution is -0.385. The topological polar surface area (TPSA) is 111 Å². The van der Waals surface area contributed by atoms with E-state index in [-0.39, 0.29) is 17.4 Å². The van der Waals surface area contributed by atoms with Crippen LogP contribution < -0.4 is 15.4 Å². The number of nitrogens with one attached hydrogen (secondary N) is 2.